The number of fused-ring (bicyclic) bond motifs is 1. The van der Waals surface area contributed by atoms with Crippen LogP contribution in [0.2, 0.25) is 0 Å². The first-order valence-corrected chi connectivity index (χ1v) is 8.04. The van der Waals surface area contributed by atoms with Crippen molar-refractivity contribution in [1.29, 1.82) is 5.26 Å². The molecule has 0 bridgehead atoms. The van der Waals surface area contributed by atoms with Crippen LogP contribution in [0.3, 0.4) is 0 Å². The highest BCUT2D eigenvalue weighted by Crippen LogP contribution is 2.30. The summed E-state index contributed by atoms with van der Waals surface area (Å²) < 4.78 is 5.85. The van der Waals surface area contributed by atoms with Gasteiger partial charge in [-0.3, -0.25) is 4.79 Å². The predicted octanol–water partition coefficient (Wildman–Crippen LogP) is 4.25. The molecule has 2 aromatic rings. The lowest BCUT2D eigenvalue weighted by Gasteiger charge is -2.23. The quantitative estimate of drug-likeness (QED) is 0.676. The van der Waals surface area contributed by atoms with Crippen LogP contribution in [-0.4, -0.2) is 12.0 Å². The summed E-state index contributed by atoms with van der Waals surface area (Å²) in [7, 11) is 0. The number of nitrogens with zero attached hydrogens (tertiary/aromatic N) is 1. The molecule has 0 radical (unpaired) electrons. The smallest absolute Gasteiger partial charge is 0.266 e. The van der Waals surface area contributed by atoms with E-state index in [9.17, 15) is 10.1 Å². The number of nitriles is 1. The monoisotopic (exact) mass is 330 g/mol. The van der Waals surface area contributed by atoms with E-state index in [2.05, 4.69) is 5.32 Å². The zero-order valence-corrected chi connectivity index (χ0v) is 14.1. The molecule has 0 saturated carbocycles. The summed E-state index contributed by atoms with van der Waals surface area (Å²) in [4.78, 5) is 12.4. The Labute approximate surface area is 147 Å². The van der Waals surface area contributed by atoms with Gasteiger partial charge in [0.05, 0.1) is 0 Å². The van der Waals surface area contributed by atoms with Gasteiger partial charge in [0.15, 0.2) is 0 Å². The first-order chi connectivity index (χ1) is 12.1. The normalized spacial score (nSPS) is 16.1. The number of nitrogens with one attached hydrogen (secondary N) is 1. The molecular weight excluding hydrogens is 312 g/mol. The number of benzene rings is 2. The molecule has 1 atom stereocenters. The molecule has 1 amide bonds. The summed E-state index contributed by atoms with van der Waals surface area (Å²) in [6.45, 7) is 3.87. The number of carbonyl (C=O) groups excluding carboxylic acids is 1. The van der Waals surface area contributed by atoms with Crippen molar-refractivity contribution in [2.24, 2.45) is 0 Å². The molecule has 0 aliphatic carbocycles. The van der Waals surface area contributed by atoms with Crippen LogP contribution in [0.5, 0.6) is 5.75 Å². The van der Waals surface area contributed by atoms with Crippen LogP contribution in [0.15, 0.2) is 65.8 Å². The van der Waals surface area contributed by atoms with Crippen molar-refractivity contribution >= 4 is 17.7 Å². The third kappa shape index (κ3) is 3.78. The number of ether oxygens (including phenoxy) is 1. The highest BCUT2D eigenvalue weighted by atomic mass is 16.5. The average molecular weight is 330 g/mol. The van der Waals surface area contributed by atoms with Crippen LogP contribution in [0.1, 0.15) is 18.1 Å². The summed E-state index contributed by atoms with van der Waals surface area (Å²) >= 11 is 0. The molecule has 1 N–H and O–H groups in total. The van der Waals surface area contributed by atoms with E-state index in [0.717, 1.165) is 22.4 Å². The van der Waals surface area contributed by atoms with E-state index in [1.165, 1.54) is 0 Å². The molecule has 3 rings (SSSR count). The third-order valence-electron chi connectivity index (χ3n) is 4.00. The van der Waals surface area contributed by atoms with Crippen molar-refractivity contribution in [2.75, 3.05) is 5.32 Å². The Morgan fingerprint density at radius 2 is 1.92 bits per heavy atom. The Hall–Kier alpha value is -3.32. The van der Waals surface area contributed by atoms with E-state index in [1.54, 1.807) is 6.08 Å². The fourth-order valence-electron chi connectivity index (χ4n) is 2.57. The van der Waals surface area contributed by atoms with Crippen LogP contribution in [-0.2, 0) is 4.79 Å². The molecule has 1 aliphatic heterocycles. The molecule has 4 heteroatoms. The summed E-state index contributed by atoms with van der Waals surface area (Å²) in [6.07, 6.45) is 3.30. The lowest BCUT2D eigenvalue weighted by molar-refractivity contribution is -0.112. The van der Waals surface area contributed by atoms with Crippen LogP contribution >= 0.6 is 0 Å². The zero-order chi connectivity index (χ0) is 17.8. The number of para-hydroxylation sites is 1. The maximum absolute atomic E-state index is 12.4. The number of amides is 1. The van der Waals surface area contributed by atoms with Crippen molar-refractivity contribution in [1.82, 2.24) is 0 Å². The second kappa shape index (κ2) is 7.06. The molecule has 4 nitrogen and oxygen atoms in total. The van der Waals surface area contributed by atoms with Gasteiger partial charge >= 0.3 is 0 Å². The summed E-state index contributed by atoms with van der Waals surface area (Å²) in [6, 6.07) is 17.1. The molecule has 1 aliphatic rings. The number of hydrogen-bond donors (Lipinski definition) is 1. The van der Waals surface area contributed by atoms with Crippen LogP contribution in [0.4, 0.5) is 5.69 Å². The van der Waals surface area contributed by atoms with Gasteiger partial charge in [0.25, 0.3) is 5.91 Å². The highest BCUT2D eigenvalue weighted by Gasteiger charge is 2.19. The maximum Gasteiger partial charge on any atom is 0.266 e. The van der Waals surface area contributed by atoms with Crippen molar-refractivity contribution in [3.8, 4) is 11.8 Å². The summed E-state index contributed by atoms with van der Waals surface area (Å²) in [5.74, 6) is 0.369. The molecule has 124 valence electrons. The molecule has 0 spiro atoms. The molecule has 25 heavy (non-hydrogen) atoms. The van der Waals surface area contributed by atoms with E-state index in [0.29, 0.717) is 5.69 Å². The SMILES string of the molecule is Cc1ccc(NC(=O)/C(C#N)=C/C2=Cc3ccccc3OC2C)cc1. The number of hydrogen-bond acceptors (Lipinski definition) is 3. The lowest BCUT2D eigenvalue weighted by atomic mass is 10.0. The Kier molecular flexibility index (Phi) is 4.67. The topological polar surface area (TPSA) is 62.1 Å². The Bertz CT molecular complexity index is 902. The van der Waals surface area contributed by atoms with Crippen molar-refractivity contribution in [2.45, 2.75) is 20.0 Å². The Morgan fingerprint density at radius 1 is 1.20 bits per heavy atom. The predicted molar refractivity (Wildman–Crippen MR) is 98.0 cm³/mol. The van der Waals surface area contributed by atoms with Gasteiger partial charge in [0, 0.05) is 11.3 Å². The molecule has 1 unspecified atom stereocenters. The third-order valence-corrected chi connectivity index (χ3v) is 4.00. The van der Waals surface area contributed by atoms with Crippen LogP contribution < -0.4 is 10.1 Å². The molecule has 2 aromatic carbocycles. The van der Waals surface area contributed by atoms with Crippen LogP contribution in [0.25, 0.3) is 6.08 Å². The minimum Gasteiger partial charge on any atom is -0.485 e. The van der Waals surface area contributed by atoms with E-state index in [1.807, 2.05) is 74.5 Å². The van der Waals surface area contributed by atoms with Crippen molar-refractivity contribution < 1.29 is 9.53 Å². The Balaban J connectivity index is 1.85. The fourth-order valence-corrected chi connectivity index (χ4v) is 2.57. The van der Waals surface area contributed by atoms with Crippen molar-refractivity contribution in [3.05, 3.63) is 76.9 Å². The summed E-state index contributed by atoms with van der Waals surface area (Å²) in [5, 5.41) is 12.1. The van der Waals surface area contributed by atoms with Gasteiger partial charge in [-0.2, -0.15) is 5.26 Å². The van der Waals surface area contributed by atoms with Gasteiger partial charge in [-0.05, 0) is 49.8 Å². The van der Waals surface area contributed by atoms with Crippen LogP contribution in [0, 0.1) is 18.3 Å². The van der Waals surface area contributed by atoms with E-state index >= 15 is 0 Å². The van der Waals surface area contributed by atoms with E-state index in [4.69, 9.17) is 4.74 Å². The minimum absolute atomic E-state index is 0.0432. The second-order valence-corrected chi connectivity index (χ2v) is 5.93. The second-order valence-electron chi connectivity index (χ2n) is 5.93. The highest BCUT2D eigenvalue weighted by molar-refractivity contribution is 6.07. The first-order valence-electron chi connectivity index (χ1n) is 8.04. The molecule has 0 aromatic heterocycles. The zero-order valence-electron chi connectivity index (χ0n) is 14.1. The van der Waals surface area contributed by atoms with Gasteiger partial charge in [0.2, 0.25) is 0 Å². The van der Waals surface area contributed by atoms with Gasteiger partial charge < -0.3 is 10.1 Å². The number of aryl methyl sites for hydroxylation is 1. The largest absolute Gasteiger partial charge is 0.485 e. The number of carbonyl (C=O) groups is 1. The van der Waals surface area contributed by atoms with Gasteiger partial charge in [-0.25, -0.2) is 0 Å². The van der Waals surface area contributed by atoms with Gasteiger partial charge in [-0.1, -0.05) is 35.9 Å². The van der Waals surface area contributed by atoms with E-state index < -0.39 is 5.91 Å². The Morgan fingerprint density at radius 3 is 2.64 bits per heavy atom. The summed E-state index contributed by atoms with van der Waals surface area (Å²) in [5.41, 5.74) is 3.52. The maximum atomic E-state index is 12.4. The fraction of sp³-hybridized carbons (Fsp3) is 0.143. The lowest BCUT2D eigenvalue weighted by Crippen LogP contribution is -2.20. The van der Waals surface area contributed by atoms with Crippen molar-refractivity contribution in [3.63, 3.8) is 0 Å². The van der Waals surface area contributed by atoms with E-state index in [-0.39, 0.29) is 11.7 Å². The first kappa shape index (κ1) is 16.5. The molecule has 0 saturated heterocycles. The van der Waals surface area contributed by atoms with Gasteiger partial charge in [-0.15, -0.1) is 0 Å². The minimum atomic E-state index is -0.432. The molecular formula is C21H18N2O2. The molecule has 1 heterocycles. The number of rotatable bonds is 3. The molecule has 0 fully saturated rings. The standard InChI is InChI=1S/C21H18N2O2/c1-14-7-9-19(10-8-14)23-21(24)18(13-22)12-17-11-16-5-3-4-6-20(16)25-15(17)2/h3-12,15H,1-2H3,(H,23,24)/b18-12+. The average Bonchev–Trinajstić information content (AvgIpc) is 2.61. The van der Waals surface area contributed by atoms with Gasteiger partial charge in [0.1, 0.15) is 23.5 Å². The number of anilines is 1.